The minimum absolute atomic E-state index is 0.469. The standard InChI is InChI=1S/C43H27NOS/c1-4-12-35-31(9-1)32-10-2-5-13-36(32)43(35)37-14-6-7-15-39(37)45-40-23-22-30(26-38(40)43)44-29-20-17-27(18-21-29)28-19-24-42-34(25-28)33-11-3-8-16-41(33)46-42/h1-26,44H. The van der Waals surface area contributed by atoms with Gasteiger partial charge in [0.2, 0.25) is 0 Å². The van der Waals surface area contributed by atoms with Crippen molar-refractivity contribution in [1.82, 2.24) is 0 Å². The number of nitrogens with one attached hydrogen (secondary N) is 1. The van der Waals surface area contributed by atoms with Gasteiger partial charge in [0.25, 0.3) is 0 Å². The van der Waals surface area contributed by atoms with Crippen LogP contribution in [-0.4, -0.2) is 0 Å². The summed E-state index contributed by atoms with van der Waals surface area (Å²) in [4.78, 5) is 0. The first-order valence-electron chi connectivity index (χ1n) is 15.7. The Hall–Kier alpha value is -5.64. The van der Waals surface area contributed by atoms with Gasteiger partial charge < -0.3 is 10.1 Å². The van der Waals surface area contributed by atoms with E-state index in [0.29, 0.717) is 0 Å². The molecule has 2 nitrogen and oxygen atoms in total. The van der Waals surface area contributed by atoms with Gasteiger partial charge in [-0.05, 0) is 88.0 Å². The first-order chi connectivity index (χ1) is 22.8. The Morgan fingerprint density at radius 3 is 1.85 bits per heavy atom. The average Bonchev–Trinajstić information content (AvgIpc) is 3.63. The lowest BCUT2D eigenvalue weighted by molar-refractivity contribution is 0.436. The highest BCUT2D eigenvalue weighted by atomic mass is 32.1. The number of benzene rings is 7. The maximum absolute atomic E-state index is 6.59. The fourth-order valence-electron chi connectivity index (χ4n) is 7.75. The second-order valence-corrected chi connectivity index (χ2v) is 13.2. The molecule has 0 amide bonds. The number of hydrogen-bond acceptors (Lipinski definition) is 3. The zero-order valence-corrected chi connectivity index (χ0v) is 25.6. The first-order valence-corrected chi connectivity index (χ1v) is 16.5. The van der Waals surface area contributed by atoms with Crippen molar-refractivity contribution < 1.29 is 4.74 Å². The SMILES string of the molecule is c1ccc2c(c1)Oc1ccc(Nc3ccc(-c4ccc5sc6ccccc6c5c4)cc3)cc1C21c2ccccc2-c2ccccc21. The third kappa shape index (κ3) is 3.58. The van der Waals surface area contributed by atoms with Crippen LogP contribution >= 0.6 is 11.3 Å². The molecule has 2 aliphatic rings. The Labute approximate surface area is 271 Å². The number of hydrogen-bond donors (Lipinski definition) is 1. The molecule has 2 heterocycles. The maximum atomic E-state index is 6.59. The second-order valence-electron chi connectivity index (χ2n) is 12.2. The lowest BCUT2D eigenvalue weighted by atomic mass is 9.66. The number of ether oxygens (including phenoxy) is 1. The van der Waals surface area contributed by atoms with Crippen molar-refractivity contribution >= 4 is 42.9 Å². The van der Waals surface area contributed by atoms with Crippen LogP contribution in [0.1, 0.15) is 22.3 Å². The molecule has 1 spiro atoms. The normalized spacial score (nSPS) is 13.6. The van der Waals surface area contributed by atoms with Crippen LogP contribution in [0, 0.1) is 0 Å². The number of fused-ring (bicyclic) bond motifs is 12. The van der Waals surface area contributed by atoms with Gasteiger partial charge in [0.15, 0.2) is 0 Å². The Balaban J connectivity index is 1.06. The van der Waals surface area contributed by atoms with Crippen LogP contribution in [0.3, 0.4) is 0 Å². The summed E-state index contributed by atoms with van der Waals surface area (Å²) in [5.41, 5.74) is 11.5. The summed E-state index contributed by atoms with van der Waals surface area (Å²) in [6.07, 6.45) is 0. The molecule has 3 heteroatoms. The number of anilines is 2. The van der Waals surface area contributed by atoms with E-state index in [9.17, 15) is 0 Å². The monoisotopic (exact) mass is 605 g/mol. The maximum Gasteiger partial charge on any atom is 0.132 e. The van der Waals surface area contributed by atoms with Crippen molar-refractivity contribution in [2.75, 3.05) is 5.32 Å². The van der Waals surface area contributed by atoms with Crippen molar-refractivity contribution in [2.24, 2.45) is 0 Å². The van der Waals surface area contributed by atoms with E-state index in [1.54, 1.807) is 0 Å². The van der Waals surface area contributed by atoms with Gasteiger partial charge in [-0.2, -0.15) is 0 Å². The van der Waals surface area contributed by atoms with E-state index >= 15 is 0 Å². The van der Waals surface area contributed by atoms with E-state index in [0.717, 1.165) is 28.4 Å². The molecular formula is C43H27NOS. The van der Waals surface area contributed by atoms with Gasteiger partial charge in [-0.3, -0.25) is 0 Å². The summed E-state index contributed by atoms with van der Waals surface area (Å²) < 4.78 is 9.25. The zero-order chi connectivity index (χ0) is 30.2. The molecule has 0 saturated heterocycles. The fraction of sp³-hybridized carbons (Fsp3) is 0.0233. The van der Waals surface area contributed by atoms with Gasteiger partial charge in [-0.25, -0.2) is 0 Å². The van der Waals surface area contributed by atoms with Crippen LogP contribution < -0.4 is 10.1 Å². The van der Waals surface area contributed by atoms with Crippen LogP contribution in [0.4, 0.5) is 11.4 Å². The average molecular weight is 606 g/mol. The van der Waals surface area contributed by atoms with E-state index in [2.05, 4.69) is 163 Å². The Morgan fingerprint density at radius 1 is 0.435 bits per heavy atom. The topological polar surface area (TPSA) is 21.3 Å². The minimum atomic E-state index is -0.469. The van der Waals surface area contributed by atoms with E-state index in [1.165, 1.54) is 59.1 Å². The first kappa shape index (κ1) is 25.7. The van der Waals surface area contributed by atoms with Gasteiger partial charge in [-0.15, -0.1) is 11.3 Å². The van der Waals surface area contributed by atoms with E-state index in [4.69, 9.17) is 4.74 Å². The number of rotatable bonds is 3. The fourth-order valence-corrected chi connectivity index (χ4v) is 8.84. The largest absolute Gasteiger partial charge is 0.457 e. The van der Waals surface area contributed by atoms with E-state index < -0.39 is 5.41 Å². The van der Waals surface area contributed by atoms with E-state index in [-0.39, 0.29) is 0 Å². The molecule has 0 unspecified atom stereocenters. The smallest absolute Gasteiger partial charge is 0.132 e. The van der Waals surface area contributed by atoms with Crippen molar-refractivity contribution in [3.05, 3.63) is 180 Å². The van der Waals surface area contributed by atoms with Gasteiger partial charge in [0, 0.05) is 42.7 Å². The van der Waals surface area contributed by atoms with Crippen molar-refractivity contribution in [2.45, 2.75) is 5.41 Å². The van der Waals surface area contributed by atoms with Gasteiger partial charge in [0.1, 0.15) is 11.5 Å². The van der Waals surface area contributed by atoms with Crippen LogP contribution in [0.25, 0.3) is 42.4 Å². The second kappa shape index (κ2) is 9.68. The number of thiophene rings is 1. The predicted molar refractivity (Wildman–Crippen MR) is 192 cm³/mol. The van der Waals surface area contributed by atoms with E-state index in [1.807, 2.05) is 11.3 Å². The summed E-state index contributed by atoms with van der Waals surface area (Å²) >= 11 is 1.86. The van der Waals surface area contributed by atoms with Gasteiger partial charge >= 0.3 is 0 Å². The molecule has 0 fully saturated rings. The highest BCUT2D eigenvalue weighted by Crippen LogP contribution is 2.62. The van der Waals surface area contributed by atoms with Gasteiger partial charge in [-0.1, -0.05) is 103 Å². The summed E-state index contributed by atoms with van der Waals surface area (Å²) in [6, 6.07) is 57.0. The zero-order valence-electron chi connectivity index (χ0n) is 24.8. The van der Waals surface area contributed by atoms with Crippen LogP contribution in [0.15, 0.2) is 158 Å². The molecule has 0 radical (unpaired) electrons. The lowest BCUT2D eigenvalue weighted by Crippen LogP contribution is -2.32. The Kier molecular flexibility index (Phi) is 5.40. The molecule has 1 aliphatic heterocycles. The van der Waals surface area contributed by atoms with Crippen LogP contribution in [0.2, 0.25) is 0 Å². The molecular weight excluding hydrogens is 579 g/mol. The summed E-state index contributed by atoms with van der Waals surface area (Å²) in [7, 11) is 0. The molecule has 46 heavy (non-hydrogen) atoms. The molecule has 0 bridgehead atoms. The molecule has 1 N–H and O–H groups in total. The predicted octanol–water partition coefficient (Wildman–Crippen LogP) is 11.9. The molecule has 10 rings (SSSR count). The highest BCUT2D eigenvalue weighted by molar-refractivity contribution is 7.25. The highest BCUT2D eigenvalue weighted by Gasteiger charge is 2.50. The third-order valence-electron chi connectivity index (χ3n) is 9.73. The van der Waals surface area contributed by atoms with Crippen LogP contribution in [-0.2, 0) is 5.41 Å². The summed E-state index contributed by atoms with van der Waals surface area (Å²) in [6.45, 7) is 0. The quantitative estimate of drug-likeness (QED) is 0.216. The molecule has 0 saturated carbocycles. The molecule has 1 aliphatic carbocycles. The summed E-state index contributed by atoms with van der Waals surface area (Å²) in [5, 5.41) is 6.35. The van der Waals surface area contributed by atoms with Crippen molar-refractivity contribution in [3.8, 4) is 33.8 Å². The van der Waals surface area contributed by atoms with Crippen molar-refractivity contribution in [3.63, 3.8) is 0 Å². The number of para-hydroxylation sites is 1. The molecule has 8 aromatic rings. The molecule has 1 aromatic heterocycles. The third-order valence-corrected chi connectivity index (χ3v) is 10.9. The van der Waals surface area contributed by atoms with Crippen molar-refractivity contribution in [1.29, 1.82) is 0 Å². The minimum Gasteiger partial charge on any atom is -0.457 e. The summed E-state index contributed by atoms with van der Waals surface area (Å²) in [5.74, 6) is 1.80. The molecule has 216 valence electrons. The molecule has 7 aromatic carbocycles. The Bertz CT molecular complexity index is 2440. The van der Waals surface area contributed by atoms with Crippen LogP contribution in [0.5, 0.6) is 11.5 Å². The Morgan fingerprint density at radius 2 is 1.04 bits per heavy atom. The van der Waals surface area contributed by atoms with Gasteiger partial charge in [0.05, 0.1) is 5.41 Å². The molecule has 0 atom stereocenters. The lowest BCUT2D eigenvalue weighted by Gasteiger charge is -2.39.